The summed E-state index contributed by atoms with van der Waals surface area (Å²) < 4.78 is 34.3. The van der Waals surface area contributed by atoms with Crippen molar-refractivity contribution in [3.63, 3.8) is 0 Å². The van der Waals surface area contributed by atoms with Crippen LogP contribution in [0.1, 0.15) is 11.6 Å². The van der Waals surface area contributed by atoms with Crippen LogP contribution in [0.5, 0.6) is 0 Å². The molecule has 0 aromatic carbocycles. The molecule has 0 saturated carbocycles. The summed E-state index contributed by atoms with van der Waals surface area (Å²) in [6.07, 6.45) is -4.14. The number of aromatic amines is 2. The maximum absolute atomic E-state index is 13.2. The van der Waals surface area contributed by atoms with E-state index in [9.17, 15) is 38.8 Å². The maximum atomic E-state index is 13.2. The molecule has 4 aromatic heterocycles. The molecule has 0 radical (unpaired) electrons. The lowest BCUT2D eigenvalue weighted by Crippen LogP contribution is -2.25. The number of anilines is 2. The quantitative estimate of drug-likeness (QED) is 0.135. The number of nitrogens with zero attached hydrogens (tertiary/aromatic N) is 6. The van der Waals surface area contributed by atoms with Gasteiger partial charge < -0.3 is 36.6 Å². The molecule has 2 aliphatic heterocycles. The zero-order chi connectivity index (χ0) is 32.0. The van der Waals surface area contributed by atoms with E-state index in [1.807, 2.05) is 0 Å². The van der Waals surface area contributed by atoms with Crippen molar-refractivity contribution in [2.45, 2.75) is 35.2 Å². The van der Waals surface area contributed by atoms with Crippen LogP contribution in [-0.4, -0.2) is 96.2 Å². The minimum absolute atomic E-state index is 0.0308. The van der Waals surface area contributed by atoms with E-state index in [0.29, 0.717) is 0 Å². The smallest absolute Gasteiger partial charge is 0.280 e. The molecule has 6 heterocycles. The highest BCUT2D eigenvalue weighted by atomic mass is 35.5. The maximum Gasteiger partial charge on any atom is 0.280 e. The molecule has 22 heteroatoms. The van der Waals surface area contributed by atoms with Crippen molar-refractivity contribution in [3.8, 4) is 0 Å². The number of aromatic nitrogens is 8. The fourth-order valence-electron chi connectivity index (χ4n) is 4.68. The van der Waals surface area contributed by atoms with Crippen LogP contribution in [0.2, 0.25) is 0 Å². The Kier molecular flexibility index (Phi) is 8.96. The summed E-state index contributed by atoms with van der Waals surface area (Å²) in [5.41, 5.74) is 9.66. The van der Waals surface area contributed by atoms with Crippen LogP contribution in [0.15, 0.2) is 44.0 Å². The number of nitrogen functional groups attached to an aromatic ring is 2. The van der Waals surface area contributed by atoms with E-state index in [-0.39, 0.29) is 44.3 Å². The number of imidazole rings is 2. The zero-order valence-corrected chi connectivity index (χ0v) is 24.1. The van der Waals surface area contributed by atoms with Gasteiger partial charge in [-0.15, -0.1) is 11.8 Å². The van der Waals surface area contributed by atoms with Gasteiger partial charge in [0.1, 0.15) is 22.1 Å². The van der Waals surface area contributed by atoms with Crippen LogP contribution in [0, 0.1) is 0 Å². The summed E-state index contributed by atoms with van der Waals surface area (Å²) in [7, 11) is 0. The van der Waals surface area contributed by atoms with E-state index < -0.39 is 71.1 Å². The molecule has 0 unspecified atom stereocenters. The van der Waals surface area contributed by atoms with Gasteiger partial charge in [0, 0.05) is 5.57 Å². The lowest BCUT2D eigenvalue weighted by atomic mass is 10.1. The molecule has 2 fully saturated rings. The van der Waals surface area contributed by atoms with E-state index in [1.165, 1.54) is 21.8 Å². The third-order valence-corrected chi connectivity index (χ3v) is 8.62. The van der Waals surface area contributed by atoms with Gasteiger partial charge in [0.2, 0.25) is 11.9 Å². The summed E-state index contributed by atoms with van der Waals surface area (Å²) in [5, 5.41) is 36.6. The highest BCUT2D eigenvalue weighted by Gasteiger charge is 2.43. The van der Waals surface area contributed by atoms with Crippen molar-refractivity contribution in [3.05, 3.63) is 55.1 Å². The predicted molar refractivity (Wildman–Crippen MR) is 154 cm³/mol. The van der Waals surface area contributed by atoms with Gasteiger partial charge in [-0.25, -0.2) is 9.97 Å². The van der Waals surface area contributed by atoms with Crippen LogP contribution in [0.4, 0.5) is 20.7 Å². The number of halogens is 4. The zero-order valence-electron chi connectivity index (χ0n) is 21.8. The molecule has 0 aliphatic carbocycles. The van der Waals surface area contributed by atoms with Crippen LogP contribution >= 0.6 is 35.0 Å². The third-order valence-electron chi connectivity index (χ3n) is 6.68. The number of fused-ring (bicyclic) bond motifs is 2. The van der Waals surface area contributed by atoms with E-state index in [0.717, 1.165) is 11.8 Å². The van der Waals surface area contributed by atoms with Crippen LogP contribution in [0.3, 0.4) is 0 Å². The number of aliphatic hydroxyl groups is 4. The summed E-state index contributed by atoms with van der Waals surface area (Å²) in [6, 6.07) is 0. The molecule has 17 nitrogen and oxygen atoms in total. The largest absolute Gasteiger partial charge is 0.395 e. The standard InChI is InChI=1S/C11H11Cl2N5O4.C11H11F2N5O3S/c2*12-7(13)4-6(20)3(1-19)22-10(4)18-2-15-5-8(18)16-11(14)17-9(5)21/h2*2-3,6,10,19-20H,1H2,(H3,14,16,17,21)/t2*3-,6-,10-/m11/s1. The predicted octanol–water partition coefficient (Wildman–Crippen LogP) is -0.539. The first-order valence-electron chi connectivity index (χ1n) is 12.3. The van der Waals surface area contributed by atoms with Crippen molar-refractivity contribution < 1.29 is 33.9 Å². The summed E-state index contributed by atoms with van der Waals surface area (Å²) in [6.45, 7) is -0.910. The molecule has 2 saturated heterocycles. The Labute approximate surface area is 256 Å². The van der Waals surface area contributed by atoms with E-state index in [1.54, 1.807) is 0 Å². The van der Waals surface area contributed by atoms with Gasteiger partial charge >= 0.3 is 0 Å². The average Bonchev–Trinajstić information content (AvgIpc) is 3.71. The molecular formula is C22H22Cl2F2N10O7S. The lowest BCUT2D eigenvalue weighted by molar-refractivity contribution is -0.0422. The fraction of sp³-hybridized carbons (Fsp3) is 0.364. The summed E-state index contributed by atoms with van der Waals surface area (Å²) in [4.78, 5) is 43.8. The molecule has 6 atom stereocenters. The number of ether oxygens (including phenoxy) is 1. The van der Waals surface area contributed by atoms with Gasteiger partial charge in [-0.2, -0.15) is 18.7 Å². The number of nitrogens with two attached hydrogens (primary N) is 2. The third kappa shape index (κ3) is 5.54. The van der Waals surface area contributed by atoms with E-state index in [4.69, 9.17) is 39.4 Å². The van der Waals surface area contributed by atoms with E-state index in [2.05, 4.69) is 29.9 Å². The molecule has 6 rings (SSSR count). The second-order valence-corrected chi connectivity index (χ2v) is 11.6. The number of hydrogen-bond donors (Lipinski definition) is 8. The molecule has 4 aromatic rings. The number of nitrogens with one attached hydrogen (secondary N) is 2. The van der Waals surface area contributed by atoms with Crippen LogP contribution in [0.25, 0.3) is 22.3 Å². The molecular weight excluding hydrogens is 657 g/mol. The summed E-state index contributed by atoms with van der Waals surface area (Å²) >= 11 is 12.5. The summed E-state index contributed by atoms with van der Waals surface area (Å²) in [5.74, 6) is -0.272. The first-order chi connectivity index (χ1) is 20.9. The Balaban J connectivity index is 0.000000175. The molecule has 10 N–H and O–H groups in total. The monoisotopic (exact) mass is 678 g/mol. The highest BCUT2D eigenvalue weighted by Crippen LogP contribution is 2.48. The number of hydrogen-bond acceptors (Lipinski definition) is 14. The topological polar surface area (TPSA) is 269 Å². The molecule has 0 bridgehead atoms. The Morgan fingerprint density at radius 2 is 1.48 bits per heavy atom. The van der Waals surface area contributed by atoms with Crippen molar-refractivity contribution in [1.29, 1.82) is 0 Å². The molecule has 44 heavy (non-hydrogen) atoms. The first-order valence-corrected chi connectivity index (χ1v) is 14.0. The van der Waals surface area contributed by atoms with Gasteiger partial charge in [0.25, 0.3) is 17.2 Å². The van der Waals surface area contributed by atoms with Gasteiger partial charge in [-0.3, -0.25) is 28.7 Å². The lowest BCUT2D eigenvalue weighted by Gasteiger charge is -2.14. The average molecular weight is 679 g/mol. The Morgan fingerprint density at radius 3 is 1.98 bits per heavy atom. The Hall–Kier alpha value is -3.63. The molecule has 0 spiro atoms. The number of aliphatic hydroxyl groups excluding tert-OH is 4. The number of rotatable bonds is 4. The van der Waals surface area contributed by atoms with Crippen molar-refractivity contribution >= 4 is 69.2 Å². The van der Waals surface area contributed by atoms with Crippen molar-refractivity contribution in [1.82, 2.24) is 39.0 Å². The van der Waals surface area contributed by atoms with Gasteiger partial charge in [0.15, 0.2) is 28.6 Å². The van der Waals surface area contributed by atoms with Gasteiger partial charge in [-0.1, -0.05) is 23.2 Å². The number of thioether (sulfide) groups is 1. The highest BCUT2D eigenvalue weighted by molar-refractivity contribution is 8.00. The molecule has 0 amide bonds. The Bertz CT molecular complexity index is 1770. The van der Waals surface area contributed by atoms with Crippen molar-refractivity contribution in [2.75, 3.05) is 24.7 Å². The number of H-pyrrole nitrogens is 2. The minimum atomic E-state index is -2.04. The Morgan fingerprint density at radius 1 is 0.932 bits per heavy atom. The van der Waals surface area contributed by atoms with Gasteiger partial charge in [0.05, 0.1) is 42.8 Å². The van der Waals surface area contributed by atoms with Crippen LogP contribution < -0.4 is 22.6 Å². The fourth-order valence-corrected chi connectivity index (χ4v) is 6.46. The van der Waals surface area contributed by atoms with E-state index >= 15 is 0 Å². The second kappa shape index (κ2) is 12.4. The normalized spacial score (nSPS) is 25.1. The molecule has 2 aliphatic rings. The molecule has 236 valence electrons. The second-order valence-electron chi connectivity index (χ2n) is 9.29. The van der Waals surface area contributed by atoms with Crippen LogP contribution in [-0.2, 0) is 4.74 Å². The van der Waals surface area contributed by atoms with Crippen molar-refractivity contribution in [2.24, 2.45) is 0 Å². The SMILES string of the molecule is Nc1nc2c(ncn2[C@@H]2O[C@H](CO)[C@@H](O)C2=C(Cl)Cl)c(=O)[nH]1.Nc1nc2c(ncn2[C@@H]2S[C@H](CO)[C@@H](O)C2=C(F)F)c(=O)[nH]1. The van der Waals surface area contributed by atoms with Gasteiger partial charge in [-0.05, 0) is 0 Å². The first kappa shape index (κ1) is 31.8. The minimum Gasteiger partial charge on any atom is -0.395 e.